The first-order chi connectivity index (χ1) is 10.3. The second-order valence-corrected chi connectivity index (χ2v) is 9.54. The average molecular weight is 322 g/mol. The first-order valence-electron chi connectivity index (χ1n) is 8.80. The van der Waals surface area contributed by atoms with Crippen LogP contribution in [0.5, 0.6) is 0 Å². The zero-order valence-electron chi connectivity index (χ0n) is 14.6. The van der Waals surface area contributed by atoms with E-state index in [2.05, 4.69) is 50.1 Å². The van der Waals surface area contributed by atoms with Gasteiger partial charge in [-0.15, -0.1) is 11.3 Å². The van der Waals surface area contributed by atoms with Crippen LogP contribution in [0, 0.1) is 0 Å². The molecule has 1 aromatic heterocycles. The Kier molecular flexibility index (Phi) is 4.20. The third-order valence-corrected chi connectivity index (χ3v) is 6.83. The normalized spacial score (nSPS) is 28.6. The van der Waals surface area contributed by atoms with Crippen LogP contribution in [-0.2, 0) is 5.54 Å². The number of likely N-dealkylation sites (tertiary alicyclic amines) is 1. The second-order valence-electron chi connectivity index (χ2n) is 8.59. The molecule has 0 radical (unpaired) electrons. The number of nitrogens with zero attached hydrogens (tertiary/aromatic N) is 1. The molecule has 2 aliphatic rings. The van der Waals surface area contributed by atoms with Crippen LogP contribution in [0.15, 0.2) is 17.5 Å². The summed E-state index contributed by atoms with van der Waals surface area (Å²) < 4.78 is 0. The van der Waals surface area contributed by atoms with Crippen LogP contribution in [0.1, 0.15) is 77.5 Å². The molecular formula is C19H31NOS. The quantitative estimate of drug-likeness (QED) is 0.835. The molecule has 1 aromatic rings. The molecule has 0 amide bonds. The minimum atomic E-state index is -0.176. The van der Waals surface area contributed by atoms with Crippen LogP contribution in [0.2, 0.25) is 0 Å². The van der Waals surface area contributed by atoms with E-state index in [1.165, 1.54) is 37.0 Å². The Hall–Kier alpha value is -0.380. The minimum absolute atomic E-state index is 0.0303. The first-order valence-corrected chi connectivity index (χ1v) is 9.68. The van der Waals surface area contributed by atoms with Gasteiger partial charge in [0.2, 0.25) is 0 Å². The summed E-state index contributed by atoms with van der Waals surface area (Å²) in [5, 5.41) is 12.6. The Balaban J connectivity index is 2.10. The van der Waals surface area contributed by atoms with E-state index in [4.69, 9.17) is 0 Å². The second kappa shape index (κ2) is 5.61. The molecule has 0 atom stereocenters. The molecule has 2 nitrogen and oxygen atoms in total. The van der Waals surface area contributed by atoms with E-state index in [9.17, 15) is 5.11 Å². The SMILES string of the molecule is CC1(C)CC(O)CC(C)(C)N1C1(c2cccs2)CCCCC1. The van der Waals surface area contributed by atoms with E-state index in [1.54, 1.807) is 0 Å². The number of aliphatic hydroxyl groups excluding tert-OH is 1. The molecule has 2 fully saturated rings. The Morgan fingerprint density at radius 1 is 1.05 bits per heavy atom. The maximum Gasteiger partial charge on any atom is 0.0575 e. The van der Waals surface area contributed by atoms with Gasteiger partial charge in [0, 0.05) is 16.0 Å². The molecule has 124 valence electrons. The van der Waals surface area contributed by atoms with E-state index >= 15 is 0 Å². The van der Waals surface area contributed by atoms with Crippen LogP contribution in [0.3, 0.4) is 0 Å². The molecule has 22 heavy (non-hydrogen) atoms. The van der Waals surface area contributed by atoms with Gasteiger partial charge in [0.05, 0.1) is 11.6 Å². The third-order valence-electron chi connectivity index (χ3n) is 5.77. The molecule has 0 spiro atoms. The lowest BCUT2D eigenvalue weighted by Gasteiger charge is -2.63. The van der Waals surface area contributed by atoms with Crippen LogP contribution in [0.4, 0.5) is 0 Å². The fourth-order valence-corrected chi connectivity index (χ4v) is 6.62. The standard InChI is InChI=1S/C19H31NOS/c1-17(2)13-15(21)14-18(3,4)20(17)19(10-6-5-7-11-19)16-9-8-12-22-16/h8-9,12,15,21H,5-7,10-11,13-14H2,1-4H3. The van der Waals surface area contributed by atoms with Gasteiger partial charge in [-0.3, -0.25) is 4.90 Å². The summed E-state index contributed by atoms with van der Waals surface area (Å²) in [5.74, 6) is 0. The van der Waals surface area contributed by atoms with Crippen LogP contribution < -0.4 is 0 Å². The highest BCUT2D eigenvalue weighted by Gasteiger charge is 2.55. The largest absolute Gasteiger partial charge is 0.393 e. The summed E-state index contributed by atoms with van der Waals surface area (Å²) in [4.78, 5) is 4.33. The maximum atomic E-state index is 10.4. The summed E-state index contributed by atoms with van der Waals surface area (Å²) >= 11 is 1.92. The summed E-state index contributed by atoms with van der Waals surface area (Å²) in [6.45, 7) is 9.34. The van der Waals surface area contributed by atoms with E-state index in [-0.39, 0.29) is 22.7 Å². The van der Waals surface area contributed by atoms with Crippen molar-refractivity contribution in [1.82, 2.24) is 4.90 Å². The number of hydrogen-bond donors (Lipinski definition) is 1. The summed E-state index contributed by atoms with van der Waals surface area (Å²) in [6, 6.07) is 4.54. The first kappa shape index (κ1) is 16.5. The highest BCUT2D eigenvalue weighted by Crippen LogP contribution is 2.53. The van der Waals surface area contributed by atoms with Gasteiger partial charge in [0.15, 0.2) is 0 Å². The van der Waals surface area contributed by atoms with Gasteiger partial charge in [-0.2, -0.15) is 0 Å². The van der Waals surface area contributed by atoms with Gasteiger partial charge >= 0.3 is 0 Å². The van der Waals surface area contributed by atoms with E-state index < -0.39 is 0 Å². The molecular weight excluding hydrogens is 290 g/mol. The van der Waals surface area contributed by atoms with Gasteiger partial charge in [-0.1, -0.05) is 25.3 Å². The predicted octanol–water partition coefficient (Wildman–Crippen LogP) is 4.92. The van der Waals surface area contributed by atoms with Crippen molar-refractivity contribution in [2.75, 3.05) is 0 Å². The Labute approximate surface area is 139 Å². The molecule has 1 N–H and O–H groups in total. The van der Waals surface area contributed by atoms with Crippen molar-refractivity contribution in [1.29, 1.82) is 0 Å². The average Bonchev–Trinajstić information content (AvgIpc) is 2.90. The molecule has 0 aromatic carbocycles. The molecule has 2 heterocycles. The van der Waals surface area contributed by atoms with Gasteiger partial charge in [-0.05, 0) is 64.8 Å². The van der Waals surface area contributed by atoms with E-state index in [1.807, 2.05) is 11.3 Å². The third kappa shape index (κ3) is 2.65. The Bertz CT molecular complexity index is 482. The monoisotopic (exact) mass is 321 g/mol. The van der Waals surface area contributed by atoms with Crippen LogP contribution in [0.25, 0.3) is 0 Å². The molecule has 1 saturated heterocycles. The lowest BCUT2D eigenvalue weighted by atomic mass is 9.69. The summed E-state index contributed by atoms with van der Waals surface area (Å²) in [6.07, 6.45) is 8.11. The minimum Gasteiger partial charge on any atom is -0.393 e. The highest BCUT2D eigenvalue weighted by molar-refractivity contribution is 7.10. The van der Waals surface area contributed by atoms with Gasteiger partial charge in [0.1, 0.15) is 0 Å². The van der Waals surface area contributed by atoms with Crippen molar-refractivity contribution < 1.29 is 5.11 Å². The molecule has 3 rings (SSSR count). The number of piperidine rings is 1. The summed E-state index contributed by atoms with van der Waals surface area (Å²) in [5.41, 5.74) is 0.227. The lowest BCUT2D eigenvalue weighted by Crippen LogP contribution is -2.69. The van der Waals surface area contributed by atoms with Crippen LogP contribution >= 0.6 is 11.3 Å². The topological polar surface area (TPSA) is 23.5 Å². The number of thiophene rings is 1. The van der Waals surface area contributed by atoms with Crippen LogP contribution in [-0.4, -0.2) is 27.2 Å². The van der Waals surface area contributed by atoms with Gasteiger partial charge < -0.3 is 5.11 Å². The Morgan fingerprint density at radius 2 is 1.64 bits per heavy atom. The Morgan fingerprint density at radius 3 is 2.14 bits per heavy atom. The van der Waals surface area contributed by atoms with Crippen molar-refractivity contribution in [3.63, 3.8) is 0 Å². The number of aliphatic hydroxyl groups is 1. The molecule has 1 aliphatic heterocycles. The molecule has 1 saturated carbocycles. The lowest BCUT2D eigenvalue weighted by molar-refractivity contribution is -0.154. The van der Waals surface area contributed by atoms with Crippen molar-refractivity contribution in [2.45, 2.75) is 95.4 Å². The van der Waals surface area contributed by atoms with Gasteiger partial charge in [0.25, 0.3) is 0 Å². The van der Waals surface area contributed by atoms with Crippen molar-refractivity contribution >= 4 is 11.3 Å². The summed E-state index contributed by atoms with van der Waals surface area (Å²) in [7, 11) is 0. The molecule has 0 bridgehead atoms. The highest BCUT2D eigenvalue weighted by atomic mass is 32.1. The molecule has 0 unspecified atom stereocenters. The van der Waals surface area contributed by atoms with Gasteiger partial charge in [-0.25, -0.2) is 0 Å². The van der Waals surface area contributed by atoms with Crippen molar-refractivity contribution in [3.8, 4) is 0 Å². The fourth-order valence-electron chi connectivity index (χ4n) is 5.65. The predicted molar refractivity (Wildman–Crippen MR) is 94.3 cm³/mol. The smallest absolute Gasteiger partial charge is 0.0575 e. The van der Waals surface area contributed by atoms with E-state index in [0.717, 1.165) is 12.8 Å². The maximum absolute atomic E-state index is 10.4. The zero-order valence-corrected chi connectivity index (χ0v) is 15.4. The zero-order chi connectivity index (χ0) is 16.0. The van der Waals surface area contributed by atoms with Crippen molar-refractivity contribution in [3.05, 3.63) is 22.4 Å². The number of rotatable bonds is 2. The van der Waals surface area contributed by atoms with E-state index in [0.29, 0.717) is 0 Å². The van der Waals surface area contributed by atoms with Crippen molar-refractivity contribution in [2.24, 2.45) is 0 Å². The fraction of sp³-hybridized carbons (Fsp3) is 0.789. The molecule has 3 heteroatoms. The molecule has 1 aliphatic carbocycles. The number of hydrogen-bond acceptors (Lipinski definition) is 3.